The van der Waals surface area contributed by atoms with E-state index < -0.39 is 0 Å². The zero-order chi connectivity index (χ0) is 13.7. The smallest absolute Gasteiger partial charge is 0.0558 e. The molecule has 4 nitrogen and oxygen atoms in total. The van der Waals surface area contributed by atoms with Gasteiger partial charge in [-0.15, -0.1) is 0 Å². The highest BCUT2D eigenvalue weighted by Gasteiger charge is 2.21. The van der Waals surface area contributed by atoms with Gasteiger partial charge in [0.2, 0.25) is 0 Å². The van der Waals surface area contributed by atoms with Crippen LogP contribution in [-0.4, -0.2) is 60.3 Å². The van der Waals surface area contributed by atoms with Crippen molar-refractivity contribution in [3.63, 3.8) is 0 Å². The van der Waals surface area contributed by atoms with Crippen molar-refractivity contribution < 1.29 is 5.11 Å². The van der Waals surface area contributed by atoms with Gasteiger partial charge in [0.05, 0.1) is 6.61 Å². The van der Waals surface area contributed by atoms with Crippen molar-refractivity contribution in [1.82, 2.24) is 9.80 Å². The molecule has 1 atom stereocenters. The van der Waals surface area contributed by atoms with Crippen molar-refractivity contribution >= 4 is 5.69 Å². The minimum Gasteiger partial charge on any atom is -0.399 e. The number of para-hydroxylation sites is 1. The topological polar surface area (TPSA) is 52.7 Å². The molecule has 0 bridgehead atoms. The molecule has 1 aromatic carbocycles. The predicted molar refractivity (Wildman–Crippen MR) is 79.1 cm³/mol. The molecule has 0 aliphatic carbocycles. The third-order valence-corrected chi connectivity index (χ3v) is 4.02. The second kappa shape index (κ2) is 6.89. The molecule has 0 spiro atoms. The fourth-order valence-corrected chi connectivity index (χ4v) is 2.74. The monoisotopic (exact) mass is 263 g/mol. The van der Waals surface area contributed by atoms with E-state index in [0.29, 0.717) is 6.04 Å². The summed E-state index contributed by atoms with van der Waals surface area (Å²) in [6.07, 6.45) is 1.01. The zero-order valence-electron chi connectivity index (χ0n) is 11.8. The number of aliphatic hydroxyl groups is 1. The first-order valence-electron chi connectivity index (χ1n) is 7.11. The molecule has 0 saturated carbocycles. The summed E-state index contributed by atoms with van der Waals surface area (Å²) in [7, 11) is 0. The van der Waals surface area contributed by atoms with Gasteiger partial charge in [-0.1, -0.05) is 18.2 Å². The lowest BCUT2D eigenvalue weighted by atomic mass is 10.0. The summed E-state index contributed by atoms with van der Waals surface area (Å²) in [5.74, 6) is 0. The van der Waals surface area contributed by atoms with Gasteiger partial charge in [0.1, 0.15) is 0 Å². The number of aliphatic hydroxyl groups excluding tert-OH is 1. The summed E-state index contributed by atoms with van der Waals surface area (Å²) in [6.45, 7) is 7.59. The van der Waals surface area contributed by atoms with Gasteiger partial charge in [0, 0.05) is 44.5 Å². The first-order chi connectivity index (χ1) is 9.20. The average molecular weight is 263 g/mol. The molecule has 1 aliphatic heterocycles. The first-order valence-corrected chi connectivity index (χ1v) is 7.11. The molecule has 0 amide bonds. The predicted octanol–water partition coefficient (Wildman–Crippen LogP) is 0.810. The molecule has 19 heavy (non-hydrogen) atoms. The van der Waals surface area contributed by atoms with Gasteiger partial charge in [0.25, 0.3) is 0 Å². The Morgan fingerprint density at radius 1 is 1.21 bits per heavy atom. The van der Waals surface area contributed by atoms with Crippen molar-refractivity contribution in [2.24, 2.45) is 0 Å². The normalized spacial score (nSPS) is 19.5. The summed E-state index contributed by atoms with van der Waals surface area (Å²) < 4.78 is 0. The van der Waals surface area contributed by atoms with Crippen LogP contribution >= 0.6 is 0 Å². The van der Waals surface area contributed by atoms with E-state index >= 15 is 0 Å². The van der Waals surface area contributed by atoms with E-state index in [9.17, 15) is 0 Å². The SMILES string of the molecule is CC(Cc1ccccc1N)N1CCN(CCO)CC1. The Balaban J connectivity index is 1.85. The number of nitrogens with two attached hydrogens (primary N) is 1. The van der Waals surface area contributed by atoms with Gasteiger partial charge in [0.15, 0.2) is 0 Å². The van der Waals surface area contributed by atoms with Crippen LogP contribution in [0.3, 0.4) is 0 Å². The Bertz CT molecular complexity index is 389. The average Bonchev–Trinajstić information content (AvgIpc) is 2.42. The van der Waals surface area contributed by atoms with Crippen LogP contribution in [0.4, 0.5) is 5.69 Å². The van der Waals surface area contributed by atoms with Crippen LogP contribution in [0.5, 0.6) is 0 Å². The fraction of sp³-hybridized carbons (Fsp3) is 0.600. The number of β-amino-alcohol motifs (C(OH)–C–C–N with tert-alkyl or cyclic N) is 1. The van der Waals surface area contributed by atoms with Crippen LogP contribution in [0.15, 0.2) is 24.3 Å². The van der Waals surface area contributed by atoms with E-state index in [2.05, 4.69) is 28.9 Å². The lowest BCUT2D eigenvalue weighted by Crippen LogP contribution is -2.50. The third-order valence-electron chi connectivity index (χ3n) is 4.02. The number of anilines is 1. The standard InChI is InChI=1S/C15H25N3O/c1-13(12-14-4-2-3-5-15(14)16)18-8-6-17(7-9-18)10-11-19/h2-5,13,19H,6-12,16H2,1H3. The molecule has 1 aliphatic rings. The molecule has 4 heteroatoms. The summed E-state index contributed by atoms with van der Waals surface area (Å²) in [6, 6.07) is 8.64. The maximum Gasteiger partial charge on any atom is 0.0558 e. The summed E-state index contributed by atoms with van der Waals surface area (Å²) in [4.78, 5) is 4.83. The second-order valence-corrected chi connectivity index (χ2v) is 5.35. The van der Waals surface area contributed by atoms with Crippen molar-refractivity contribution in [3.05, 3.63) is 29.8 Å². The van der Waals surface area contributed by atoms with Crippen molar-refractivity contribution in [2.45, 2.75) is 19.4 Å². The van der Waals surface area contributed by atoms with Crippen LogP contribution in [0.25, 0.3) is 0 Å². The summed E-state index contributed by atoms with van der Waals surface area (Å²) >= 11 is 0. The molecule has 1 unspecified atom stereocenters. The van der Waals surface area contributed by atoms with E-state index in [1.807, 2.05) is 12.1 Å². The Hall–Kier alpha value is -1.10. The molecule has 1 aromatic rings. The Morgan fingerprint density at radius 3 is 2.53 bits per heavy atom. The van der Waals surface area contributed by atoms with Gasteiger partial charge < -0.3 is 10.8 Å². The van der Waals surface area contributed by atoms with Gasteiger partial charge in [-0.2, -0.15) is 0 Å². The molecular weight excluding hydrogens is 238 g/mol. The van der Waals surface area contributed by atoms with E-state index in [1.165, 1.54) is 5.56 Å². The van der Waals surface area contributed by atoms with Gasteiger partial charge >= 0.3 is 0 Å². The van der Waals surface area contributed by atoms with Crippen LogP contribution in [0, 0.1) is 0 Å². The van der Waals surface area contributed by atoms with E-state index in [4.69, 9.17) is 10.8 Å². The zero-order valence-corrected chi connectivity index (χ0v) is 11.8. The summed E-state index contributed by atoms with van der Waals surface area (Å²) in [5.41, 5.74) is 8.15. The number of benzene rings is 1. The third kappa shape index (κ3) is 3.93. The quantitative estimate of drug-likeness (QED) is 0.772. The van der Waals surface area contributed by atoms with Crippen molar-refractivity contribution in [1.29, 1.82) is 0 Å². The molecule has 1 heterocycles. The highest BCUT2D eigenvalue weighted by atomic mass is 16.3. The minimum atomic E-state index is 0.260. The molecule has 1 saturated heterocycles. The van der Waals surface area contributed by atoms with Crippen LogP contribution in [0.1, 0.15) is 12.5 Å². The Kier molecular flexibility index (Phi) is 5.19. The molecular formula is C15H25N3O. The van der Waals surface area contributed by atoms with E-state index in [1.54, 1.807) is 0 Å². The van der Waals surface area contributed by atoms with E-state index in [-0.39, 0.29) is 6.61 Å². The minimum absolute atomic E-state index is 0.260. The largest absolute Gasteiger partial charge is 0.399 e. The Labute approximate surface area is 115 Å². The van der Waals surface area contributed by atoms with Crippen LogP contribution in [-0.2, 0) is 6.42 Å². The number of hydrogen-bond acceptors (Lipinski definition) is 4. The molecule has 106 valence electrons. The molecule has 1 fully saturated rings. The highest BCUT2D eigenvalue weighted by Crippen LogP contribution is 2.16. The number of piperazine rings is 1. The van der Waals surface area contributed by atoms with Crippen LogP contribution < -0.4 is 5.73 Å². The first kappa shape index (κ1) is 14.3. The van der Waals surface area contributed by atoms with Crippen molar-refractivity contribution in [2.75, 3.05) is 45.1 Å². The van der Waals surface area contributed by atoms with Gasteiger partial charge in [-0.25, -0.2) is 0 Å². The summed E-state index contributed by atoms with van der Waals surface area (Å²) in [5, 5.41) is 8.95. The molecule has 3 N–H and O–H groups in total. The van der Waals surface area contributed by atoms with E-state index in [0.717, 1.165) is 44.8 Å². The Morgan fingerprint density at radius 2 is 1.89 bits per heavy atom. The van der Waals surface area contributed by atoms with Crippen LogP contribution in [0.2, 0.25) is 0 Å². The number of nitrogens with zero attached hydrogens (tertiary/aromatic N) is 2. The second-order valence-electron chi connectivity index (χ2n) is 5.35. The molecule has 2 rings (SSSR count). The number of nitrogen functional groups attached to an aromatic ring is 1. The fourth-order valence-electron chi connectivity index (χ4n) is 2.74. The van der Waals surface area contributed by atoms with Gasteiger partial charge in [-0.05, 0) is 25.0 Å². The molecule has 0 radical (unpaired) electrons. The molecule has 0 aromatic heterocycles. The highest BCUT2D eigenvalue weighted by molar-refractivity contribution is 5.46. The number of hydrogen-bond donors (Lipinski definition) is 2. The maximum atomic E-state index is 8.95. The lowest BCUT2D eigenvalue weighted by Gasteiger charge is -2.38. The van der Waals surface area contributed by atoms with Gasteiger partial charge in [-0.3, -0.25) is 9.80 Å². The van der Waals surface area contributed by atoms with Crippen molar-refractivity contribution in [3.8, 4) is 0 Å². The lowest BCUT2D eigenvalue weighted by molar-refractivity contribution is 0.0889. The maximum absolute atomic E-state index is 8.95. The number of rotatable bonds is 5.